The molecule has 0 aromatic heterocycles. The summed E-state index contributed by atoms with van der Waals surface area (Å²) in [7, 11) is 0. The maximum absolute atomic E-state index is 12.6. The molecule has 1 aliphatic rings. The minimum atomic E-state index is -1.30. The topological polar surface area (TPSA) is 81.0 Å². The van der Waals surface area contributed by atoms with E-state index < -0.39 is 5.97 Å². The number of carbonyl (C=O) groups excluding carboxylic acids is 2. The van der Waals surface area contributed by atoms with Gasteiger partial charge in [0, 0.05) is 11.1 Å². The molecular weight excluding hydrogens is 289 g/mol. The zero-order valence-corrected chi connectivity index (χ0v) is 14.1. The van der Waals surface area contributed by atoms with Gasteiger partial charge in [-0.1, -0.05) is 18.2 Å². The molecular formula is C17H10NNaO3. The van der Waals surface area contributed by atoms with Crippen molar-refractivity contribution in [3.8, 4) is 6.07 Å². The molecule has 4 nitrogen and oxygen atoms in total. The van der Waals surface area contributed by atoms with Crippen molar-refractivity contribution < 1.29 is 44.3 Å². The number of benzene rings is 2. The molecule has 5 heteroatoms. The predicted molar refractivity (Wildman–Crippen MR) is 72.8 cm³/mol. The smallest absolute Gasteiger partial charge is 0.545 e. The van der Waals surface area contributed by atoms with Crippen LogP contribution >= 0.6 is 0 Å². The standard InChI is InChI=1S/C17H11NO3.Na/c18-9-10-1-2-11-3-4-12-5-6-13(17(20)21)8-15(12)16(19)14(11)7-10;/h1-2,5-8H,3-4H2,(H,20,21);/q;+1/p-1. The molecule has 0 bridgehead atoms. The third-order valence-electron chi connectivity index (χ3n) is 3.74. The van der Waals surface area contributed by atoms with Gasteiger partial charge in [0.2, 0.25) is 0 Å². The van der Waals surface area contributed by atoms with Crippen LogP contribution in [-0.2, 0) is 12.8 Å². The van der Waals surface area contributed by atoms with Crippen molar-refractivity contribution in [3.63, 3.8) is 0 Å². The normalized spacial score (nSPS) is 12.2. The summed E-state index contributed by atoms with van der Waals surface area (Å²) in [6.07, 6.45) is 1.34. The minimum Gasteiger partial charge on any atom is -0.545 e. The Balaban J connectivity index is 0.00000176. The summed E-state index contributed by atoms with van der Waals surface area (Å²) in [5.41, 5.74) is 2.96. The number of aromatic carboxylic acids is 1. The Hall–Kier alpha value is -1.93. The Morgan fingerprint density at radius 2 is 1.64 bits per heavy atom. The van der Waals surface area contributed by atoms with Gasteiger partial charge >= 0.3 is 29.6 Å². The summed E-state index contributed by atoms with van der Waals surface area (Å²) in [5, 5.41) is 19.9. The number of carboxylic acids is 1. The fraction of sp³-hybridized carbons (Fsp3) is 0.118. The first kappa shape index (κ1) is 16.4. The maximum Gasteiger partial charge on any atom is 1.00 e. The van der Waals surface area contributed by atoms with E-state index in [2.05, 4.69) is 0 Å². The van der Waals surface area contributed by atoms with E-state index in [9.17, 15) is 14.7 Å². The number of fused-ring (bicyclic) bond motifs is 2. The number of carbonyl (C=O) groups is 2. The van der Waals surface area contributed by atoms with Crippen LogP contribution in [0.5, 0.6) is 0 Å². The number of nitrogens with zero attached hydrogens (tertiary/aromatic N) is 1. The van der Waals surface area contributed by atoms with E-state index in [1.54, 1.807) is 24.3 Å². The fourth-order valence-electron chi connectivity index (χ4n) is 2.62. The SMILES string of the molecule is N#Cc1ccc2c(c1)C(=O)c1cc(C(=O)[O-])ccc1CC2.[Na+]. The molecule has 102 valence electrons. The zero-order chi connectivity index (χ0) is 15.0. The third kappa shape index (κ3) is 2.84. The Kier molecular flexibility index (Phi) is 4.82. The molecule has 0 saturated heterocycles. The van der Waals surface area contributed by atoms with Crippen LogP contribution in [0.15, 0.2) is 36.4 Å². The molecule has 0 heterocycles. The molecule has 22 heavy (non-hydrogen) atoms. The van der Waals surface area contributed by atoms with Crippen LogP contribution in [0.4, 0.5) is 0 Å². The summed E-state index contributed by atoms with van der Waals surface area (Å²) in [5.74, 6) is -1.54. The molecule has 2 aromatic rings. The second-order valence-electron chi connectivity index (χ2n) is 4.97. The monoisotopic (exact) mass is 299 g/mol. The number of hydrogen-bond donors (Lipinski definition) is 0. The summed E-state index contributed by atoms with van der Waals surface area (Å²) >= 11 is 0. The second kappa shape index (κ2) is 6.45. The van der Waals surface area contributed by atoms with E-state index in [4.69, 9.17) is 5.26 Å². The van der Waals surface area contributed by atoms with Gasteiger partial charge in [0.05, 0.1) is 17.6 Å². The van der Waals surface area contributed by atoms with E-state index >= 15 is 0 Å². The van der Waals surface area contributed by atoms with Crippen molar-refractivity contribution in [2.75, 3.05) is 0 Å². The molecule has 0 atom stereocenters. The first-order valence-corrected chi connectivity index (χ1v) is 6.52. The van der Waals surface area contributed by atoms with Gasteiger partial charge in [-0.05, 0) is 47.7 Å². The molecule has 0 aliphatic heterocycles. The molecule has 0 amide bonds. The van der Waals surface area contributed by atoms with E-state index in [-0.39, 0.29) is 40.9 Å². The number of aryl methyl sites for hydroxylation is 2. The van der Waals surface area contributed by atoms with Crippen molar-refractivity contribution >= 4 is 11.8 Å². The molecule has 1 aliphatic carbocycles. The van der Waals surface area contributed by atoms with Gasteiger partial charge in [0.15, 0.2) is 5.78 Å². The molecule has 0 spiro atoms. The Morgan fingerprint density at radius 1 is 1.05 bits per heavy atom. The van der Waals surface area contributed by atoms with Gasteiger partial charge in [0.1, 0.15) is 0 Å². The maximum atomic E-state index is 12.6. The minimum absolute atomic E-state index is 0. The number of rotatable bonds is 1. The van der Waals surface area contributed by atoms with Crippen LogP contribution in [0.2, 0.25) is 0 Å². The number of carboxylic acid groups (broad SMARTS) is 1. The van der Waals surface area contributed by atoms with Gasteiger partial charge in [-0.15, -0.1) is 0 Å². The molecule has 0 fully saturated rings. The van der Waals surface area contributed by atoms with E-state index in [0.717, 1.165) is 11.1 Å². The summed E-state index contributed by atoms with van der Waals surface area (Å²) in [6.45, 7) is 0. The van der Waals surface area contributed by atoms with E-state index in [1.807, 2.05) is 6.07 Å². The molecule has 0 N–H and O–H groups in total. The van der Waals surface area contributed by atoms with Crippen molar-refractivity contribution in [3.05, 3.63) is 69.8 Å². The van der Waals surface area contributed by atoms with Gasteiger partial charge in [-0.3, -0.25) is 4.79 Å². The Morgan fingerprint density at radius 3 is 2.23 bits per heavy atom. The van der Waals surface area contributed by atoms with E-state index in [0.29, 0.717) is 29.5 Å². The third-order valence-corrected chi connectivity index (χ3v) is 3.74. The van der Waals surface area contributed by atoms with Crippen molar-refractivity contribution in [2.45, 2.75) is 12.8 Å². The largest absolute Gasteiger partial charge is 1.00 e. The first-order chi connectivity index (χ1) is 10.1. The fourth-order valence-corrected chi connectivity index (χ4v) is 2.62. The average molecular weight is 299 g/mol. The molecule has 0 saturated carbocycles. The van der Waals surface area contributed by atoms with Crippen LogP contribution in [0.1, 0.15) is 43.0 Å². The van der Waals surface area contributed by atoms with Crippen molar-refractivity contribution in [1.82, 2.24) is 0 Å². The van der Waals surface area contributed by atoms with Crippen LogP contribution < -0.4 is 34.7 Å². The van der Waals surface area contributed by atoms with Crippen LogP contribution in [-0.4, -0.2) is 11.8 Å². The molecule has 0 radical (unpaired) electrons. The van der Waals surface area contributed by atoms with Gasteiger partial charge in [-0.2, -0.15) is 5.26 Å². The Labute approximate surface area is 149 Å². The summed E-state index contributed by atoms with van der Waals surface area (Å²) in [6, 6.07) is 11.5. The van der Waals surface area contributed by atoms with Gasteiger partial charge in [0.25, 0.3) is 0 Å². The van der Waals surface area contributed by atoms with Crippen molar-refractivity contribution in [2.24, 2.45) is 0 Å². The average Bonchev–Trinajstić information content (AvgIpc) is 2.64. The number of nitriles is 1. The van der Waals surface area contributed by atoms with Crippen LogP contribution in [0, 0.1) is 11.3 Å². The first-order valence-electron chi connectivity index (χ1n) is 6.52. The summed E-state index contributed by atoms with van der Waals surface area (Å²) in [4.78, 5) is 23.6. The zero-order valence-electron chi connectivity index (χ0n) is 12.1. The molecule has 0 unspecified atom stereocenters. The quantitative estimate of drug-likeness (QED) is 0.585. The molecule has 3 rings (SSSR count). The van der Waals surface area contributed by atoms with Crippen molar-refractivity contribution in [1.29, 1.82) is 5.26 Å². The van der Waals surface area contributed by atoms with Gasteiger partial charge in [-0.25, -0.2) is 0 Å². The molecule has 2 aromatic carbocycles. The predicted octanol–water partition coefficient (Wildman–Crippen LogP) is -1.74. The number of ketones is 1. The van der Waals surface area contributed by atoms with E-state index in [1.165, 1.54) is 12.1 Å². The Bertz CT molecular complexity index is 821. The van der Waals surface area contributed by atoms with Crippen LogP contribution in [0.25, 0.3) is 0 Å². The number of hydrogen-bond acceptors (Lipinski definition) is 4. The van der Waals surface area contributed by atoms with Gasteiger partial charge < -0.3 is 9.90 Å². The second-order valence-corrected chi connectivity index (χ2v) is 4.97. The summed E-state index contributed by atoms with van der Waals surface area (Å²) < 4.78 is 0. The van der Waals surface area contributed by atoms with Crippen LogP contribution in [0.3, 0.4) is 0 Å².